The van der Waals surface area contributed by atoms with Crippen LogP contribution in [0.3, 0.4) is 0 Å². The van der Waals surface area contributed by atoms with Crippen LogP contribution >= 0.6 is 0 Å². The van der Waals surface area contributed by atoms with Crippen LogP contribution in [0.25, 0.3) is 0 Å². The minimum atomic E-state index is -0.454. The molecule has 2 aliphatic rings. The summed E-state index contributed by atoms with van der Waals surface area (Å²) in [5, 5.41) is 0. The quantitative estimate of drug-likeness (QED) is 0.852. The van der Waals surface area contributed by atoms with Gasteiger partial charge in [-0.2, -0.15) is 0 Å². The van der Waals surface area contributed by atoms with E-state index >= 15 is 0 Å². The maximum Gasteiger partial charge on any atom is 0.251 e. The van der Waals surface area contributed by atoms with Crippen molar-refractivity contribution >= 4 is 11.8 Å². The second-order valence-corrected chi connectivity index (χ2v) is 6.60. The lowest BCUT2D eigenvalue weighted by atomic mass is 10.2. The molecule has 0 radical (unpaired) electrons. The lowest BCUT2D eigenvalue weighted by Gasteiger charge is -2.33. The molecule has 1 atom stereocenters. The Morgan fingerprint density at radius 2 is 2.16 bits per heavy atom. The van der Waals surface area contributed by atoms with Gasteiger partial charge in [0, 0.05) is 31.3 Å². The molecule has 0 aliphatic carbocycles. The molecule has 8 heteroatoms. The highest BCUT2D eigenvalue weighted by Crippen LogP contribution is 2.19. The number of hydrogen-bond acceptors (Lipinski definition) is 5. The van der Waals surface area contributed by atoms with Crippen LogP contribution in [0.15, 0.2) is 10.9 Å². The summed E-state index contributed by atoms with van der Waals surface area (Å²) < 4.78 is 5.68. The van der Waals surface area contributed by atoms with E-state index in [4.69, 9.17) is 4.74 Å². The number of morpholine rings is 1. The molecule has 3 heterocycles. The summed E-state index contributed by atoms with van der Waals surface area (Å²) in [6, 6.07) is 1.42. The first-order chi connectivity index (χ1) is 12.0. The maximum atomic E-state index is 12.6. The van der Waals surface area contributed by atoms with E-state index in [1.54, 1.807) is 16.7 Å². The summed E-state index contributed by atoms with van der Waals surface area (Å²) >= 11 is 0. The summed E-state index contributed by atoms with van der Waals surface area (Å²) in [5.74, 6) is 0.409. The van der Waals surface area contributed by atoms with Gasteiger partial charge >= 0.3 is 0 Å². The lowest BCUT2D eigenvalue weighted by molar-refractivity contribution is -0.145. The number of aryl methyl sites for hydroxylation is 1. The van der Waals surface area contributed by atoms with Gasteiger partial charge < -0.3 is 19.5 Å². The summed E-state index contributed by atoms with van der Waals surface area (Å²) in [7, 11) is 0. The topological polar surface area (TPSA) is 95.6 Å². The van der Waals surface area contributed by atoms with Crippen LogP contribution < -0.4 is 5.56 Å². The van der Waals surface area contributed by atoms with E-state index in [-0.39, 0.29) is 23.9 Å². The third-order valence-electron chi connectivity index (χ3n) is 4.61. The first-order valence-electron chi connectivity index (χ1n) is 8.78. The molecule has 1 aromatic heterocycles. The Bertz CT molecular complexity index is 702. The highest BCUT2D eigenvalue weighted by Gasteiger charge is 2.29. The van der Waals surface area contributed by atoms with Gasteiger partial charge in [-0.05, 0) is 19.8 Å². The van der Waals surface area contributed by atoms with Gasteiger partial charge in [0.1, 0.15) is 11.9 Å². The van der Waals surface area contributed by atoms with Gasteiger partial charge in [0.2, 0.25) is 11.8 Å². The van der Waals surface area contributed by atoms with E-state index in [0.29, 0.717) is 44.2 Å². The SMILES string of the molecule is Cc1cc(=O)[nH]c([C@@H]2CN(C(=O)CN3CCCCCC3=O)CCO2)n1. The zero-order chi connectivity index (χ0) is 17.8. The van der Waals surface area contributed by atoms with Gasteiger partial charge in [-0.25, -0.2) is 4.98 Å². The van der Waals surface area contributed by atoms with E-state index in [0.717, 1.165) is 19.3 Å². The van der Waals surface area contributed by atoms with Gasteiger partial charge in [0.25, 0.3) is 5.56 Å². The average Bonchev–Trinajstić information content (AvgIpc) is 2.79. The number of nitrogens with one attached hydrogen (secondary N) is 1. The van der Waals surface area contributed by atoms with E-state index in [2.05, 4.69) is 9.97 Å². The summed E-state index contributed by atoms with van der Waals surface area (Å²) in [6.07, 6.45) is 2.94. The standard InChI is InChI=1S/C17H24N4O4/c1-12-9-14(22)19-17(18-12)13-10-21(7-8-25-13)16(24)11-20-6-4-2-3-5-15(20)23/h9,13H,2-8,10-11H2,1H3,(H,18,19,22)/t13-/m0/s1. The molecule has 0 bridgehead atoms. The highest BCUT2D eigenvalue weighted by molar-refractivity contribution is 5.85. The number of amides is 2. The molecule has 136 valence electrons. The van der Waals surface area contributed by atoms with Crippen molar-refractivity contribution in [2.24, 2.45) is 0 Å². The third-order valence-corrected chi connectivity index (χ3v) is 4.61. The molecule has 0 saturated carbocycles. The third kappa shape index (κ3) is 4.45. The lowest BCUT2D eigenvalue weighted by Crippen LogP contribution is -2.48. The molecule has 0 unspecified atom stereocenters. The van der Waals surface area contributed by atoms with Gasteiger partial charge in [-0.15, -0.1) is 0 Å². The maximum absolute atomic E-state index is 12.6. The number of aromatic amines is 1. The van der Waals surface area contributed by atoms with E-state index in [1.165, 1.54) is 6.07 Å². The van der Waals surface area contributed by atoms with Crippen molar-refractivity contribution in [3.63, 3.8) is 0 Å². The van der Waals surface area contributed by atoms with Crippen LogP contribution in [0.2, 0.25) is 0 Å². The van der Waals surface area contributed by atoms with Gasteiger partial charge in [-0.3, -0.25) is 14.4 Å². The van der Waals surface area contributed by atoms with Crippen molar-refractivity contribution in [2.75, 3.05) is 32.8 Å². The molecular formula is C17H24N4O4. The Hall–Kier alpha value is -2.22. The predicted octanol–water partition coefficient (Wildman–Crippen LogP) is 0.381. The number of likely N-dealkylation sites (tertiary alicyclic amines) is 1. The van der Waals surface area contributed by atoms with E-state index in [9.17, 15) is 14.4 Å². The first-order valence-corrected chi connectivity index (χ1v) is 8.78. The number of carbonyl (C=O) groups excluding carboxylic acids is 2. The molecule has 0 spiro atoms. The van der Waals surface area contributed by atoms with Crippen LogP contribution in [0, 0.1) is 6.92 Å². The predicted molar refractivity (Wildman–Crippen MR) is 89.9 cm³/mol. The van der Waals surface area contributed by atoms with Crippen LogP contribution in [0.4, 0.5) is 0 Å². The Labute approximate surface area is 146 Å². The molecule has 2 aliphatic heterocycles. The Balaban J connectivity index is 1.65. The normalized spacial score (nSPS) is 22.0. The molecule has 8 nitrogen and oxygen atoms in total. The van der Waals surface area contributed by atoms with Crippen molar-refractivity contribution in [3.05, 3.63) is 27.9 Å². The monoisotopic (exact) mass is 348 g/mol. The second kappa shape index (κ2) is 7.77. The van der Waals surface area contributed by atoms with Gasteiger partial charge in [-0.1, -0.05) is 6.42 Å². The van der Waals surface area contributed by atoms with Crippen LogP contribution in [-0.2, 0) is 14.3 Å². The van der Waals surface area contributed by atoms with E-state index < -0.39 is 6.10 Å². The van der Waals surface area contributed by atoms with Gasteiger partial charge in [0.05, 0.1) is 19.7 Å². The Kier molecular flexibility index (Phi) is 5.47. The molecule has 0 aromatic carbocycles. The molecule has 1 N–H and O–H groups in total. The number of aromatic nitrogens is 2. The smallest absolute Gasteiger partial charge is 0.251 e. The molecule has 25 heavy (non-hydrogen) atoms. The van der Waals surface area contributed by atoms with Crippen molar-refractivity contribution in [2.45, 2.75) is 38.7 Å². The number of rotatable bonds is 3. The molecule has 1 aromatic rings. The van der Waals surface area contributed by atoms with Crippen LogP contribution in [0.5, 0.6) is 0 Å². The van der Waals surface area contributed by atoms with Crippen LogP contribution in [-0.4, -0.2) is 64.4 Å². The zero-order valence-corrected chi connectivity index (χ0v) is 14.5. The number of carbonyl (C=O) groups is 2. The molecule has 3 rings (SSSR count). The summed E-state index contributed by atoms with van der Waals surface area (Å²) in [6.45, 7) is 3.69. The fourth-order valence-corrected chi connectivity index (χ4v) is 3.26. The highest BCUT2D eigenvalue weighted by atomic mass is 16.5. The van der Waals surface area contributed by atoms with Crippen LogP contribution in [0.1, 0.15) is 43.3 Å². The second-order valence-electron chi connectivity index (χ2n) is 6.60. The van der Waals surface area contributed by atoms with Crippen molar-refractivity contribution < 1.29 is 14.3 Å². The molecule has 2 amide bonds. The minimum Gasteiger partial charge on any atom is -0.367 e. The average molecular weight is 348 g/mol. The number of nitrogens with zero attached hydrogens (tertiary/aromatic N) is 3. The van der Waals surface area contributed by atoms with E-state index in [1.807, 2.05) is 0 Å². The summed E-state index contributed by atoms with van der Waals surface area (Å²) in [4.78, 5) is 46.7. The van der Waals surface area contributed by atoms with Gasteiger partial charge in [0.15, 0.2) is 0 Å². The van der Waals surface area contributed by atoms with Crippen molar-refractivity contribution in [3.8, 4) is 0 Å². The molecular weight excluding hydrogens is 324 g/mol. The fourth-order valence-electron chi connectivity index (χ4n) is 3.26. The molecule has 2 fully saturated rings. The Morgan fingerprint density at radius 1 is 1.32 bits per heavy atom. The zero-order valence-electron chi connectivity index (χ0n) is 14.5. The summed E-state index contributed by atoms with van der Waals surface area (Å²) in [5.41, 5.74) is 0.380. The minimum absolute atomic E-state index is 0.0559. The van der Waals surface area contributed by atoms with Crippen molar-refractivity contribution in [1.82, 2.24) is 19.8 Å². The number of H-pyrrole nitrogens is 1. The Morgan fingerprint density at radius 3 is 2.96 bits per heavy atom. The number of hydrogen-bond donors (Lipinski definition) is 1. The number of ether oxygens (including phenoxy) is 1. The first kappa shape index (κ1) is 17.6. The van der Waals surface area contributed by atoms with Crippen molar-refractivity contribution in [1.29, 1.82) is 0 Å². The largest absolute Gasteiger partial charge is 0.367 e. The fraction of sp³-hybridized carbons (Fsp3) is 0.647. The molecule has 2 saturated heterocycles.